The van der Waals surface area contributed by atoms with E-state index < -0.39 is 0 Å². The molecule has 0 amide bonds. The molecule has 1 aromatic carbocycles. The van der Waals surface area contributed by atoms with Gasteiger partial charge >= 0.3 is 0 Å². The number of H-pyrrole nitrogens is 1. The van der Waals surface area contributed by atoms with Crippen molar-refractivity contribution in [2.75, 3.05) is 0 Å². The summed E-state index contributed by atoms with van der Waals surface area (Å²) in [7, 11) is 0. The summed E-state index contributed by atoms with van der Waals surface area (Å²) < 4.78 is 1.25. The molecule has 74 valence electrons. The SMILES string of the molecule is C[C@@H](N)Cc1c[nH]c2cc(I)ccc12. The second kappa shape index (κ2) is 3.90. The maximum Gasteiger partial charge on any atom is 0.0467 e. The molecule has 2 rings (SSSR count). The Kier molecular flexibility index (Phi) is 2.78. The molecule has 0 saturated heterocycles. The molecule has 0 saturated carbocycles. The molecule has 0 aliphatic rings. The van der Waals surface area contributed by atoms with Crippen molar-refractivity contribution in [3.63, 3.8) is 0 Å². The summed E-state index contributed by atoms with van der Waals surface area (Å²) in [5.74, 6) is 0. The highest BCUT2D eigenvalue weighted by atomic mass is 127. The first-order valence-corrected chi connectivity index (χ1v) is 5.76. The average Bonchev–Trinajstić information content (AvgIpc) is 2.47. The maximum atomic E-state index is 5.79. The van der Waals surface area contributed by atoms with Gasteiger partial charge in [0.2, 0.25) is 0 Å². The van der Waals surface area contributed by atoms with Gasteiger partial charge < -0.3 is 10.7 Å². The first-order valence-electron chi connectivity index (χ1n) is 4.68. The fourth-order valence-corrected chi connectivity index (χ4v) is 2.17. The molecule has 0 unspecified atom stereocenters. The monoisotopic (exact) mass is 300 g/mol. The summed E-state index contributed by atoms with van der Waals surface area (Å²) in [6.07, 6.45) is 2.99. The molecule has 0 spiro atoms. The Morgan fingerprint density at radius 2 is 2.29 bits per heavy atom. The molecule has 2 nitrogen and oxygen atoms in total. The van der Waals surface area contributed by atoms with Gasteiger partial charge in [-0.15, -0.1) is 0 Å². The molecular formula is C11H13IN2. The summed E-state index contributed by atoms with van der Waals surface area (Å²) in [6, 6.07) is 6.65. The molecule has 0 aliphatic carbocycles. The first-order chi connectivity index (χ1) is 6.66. The number of fused-ring (bicyclic) bond motifs is 1. The fraction of sp³-hybridized carbons (Fsp3) is 0.273. The first kappa shape index (κ1) is 9.98. The second-order valence-electron chi connectivity index (χ2n) is 3.69. The molecule has 2 aromatic rings. The van der Waals surface area contributed by atoms with Crippen LogP contribution in [0, 0.1) is 3.57 Å². The van der Waals surface area contributed by atoms with Crippen molar-refractivity contribution in [3.8, 4) is 0 Å². The Hall–Kier alpha value is -0.550. The van der Waals surface area contributed by atoms with Crippen molar-refractivity contribution >= 4 is 33.5 Å². The Bertz CT molecular complexity index is 445. The number of aromatic nitrogens is 1. The highest BCUT2D eigenvalue weighted by Gasteiger charge is 2.05. The molecular weight excluding hydrogens is 287 g/mol. The number of rotatable bonds is 2. The molecule has 3 heteroatoms. The lowest BCUT2D eigenvalue weighted by Crippen LogP contribution is -2.17. The summed E-state index contributed by atoms with van der Waals surface area (Å²) in [4.78, 5) is 3.27. The van der Waals surface area contributed by atoms with E-state index in [2.05, 4.69) is 52.0 Å². The Morgan fingerprint density at radius 3 is 3.00 bits per heavy atom. The molecule has 1 heterocycles. The summed E-state index contributed by atoms with van der Waals surface area (Å²) in [5, 5.41) is 1.29. The molecule has 0 fully saturated rings. The highest BCUT2D eigenvalue weighted by Crippen LogP contribution is 2.21. The van der Waals surface area contributed by atoms with Crippen molar-refractivity contribution in [1.82, 2.24) is 4.98 Å². The number of nitrogens with one attached hydrogen (secondary N) is 1. The van der Waals surface area contributed by atoms with Crippen LogP contribution in [0.2, 0.25) is 0 Å². The smallest absolute Gasteiger partial charge is 0.0467 e. The normalized spacial score (nSPS) is 13.4. The molecule has 3 N–H and O–H groups in total. The minimum absolute atomic E-state index is 0.216. The second-order valence-corrected chi connectivity index (χ2v) is 4.93. The summed E-state index contributed by atoms with van der Waals surface area (Å²) >= 11 is 2.32. The maximum absolute atomic E-state index is 5.79. The van der Waals surface area contributed by atoms with Gasteiger partial charge in [-0.3, -0.25) is 0 Å². The topological polar surface area (TPSA) is 41.8 Å². The van der Waals surface area contributed by atoms with Crippen molar-refractivity contribution in [2.45, 2.75) is 19.4 Å². The number of halogens is 1. The predicted octanol–water partition coefficient (Wildman–Crippen LogP) is 2.66. The van der Waals surface area contributed by atoms with Crippen molar-refractivity contribution < 1.29 is 0 Å². The Balaban J connectivity index is 2.47. The Labute approximate surface area is 97.0 Å². The van der Waals surface area contributed by atoms with Crippen LogP contribution in [0.5, 0.6) is 0 Å². The van der Waals surface area contributed by atoms with Gasteiger partial charge in [-0.05, 0) is 53.6 Å². The van der Waals surface area contributed by atoms with Gasteiger partial charge in [0, 0.05) is 26.7 Å². The third kappa shape index (κ3) is 1.93. The van der Waals surface area contributed by atoms with Crippen molar-refractivity contribution in [2.24, 2.45) is 5.73 Å². The molecule has 0 radical (unpaired) electrons. The number of hydrogen-bond acceptors (Lipinski definition) is 1. The van der Waals surface area contributed by atoms with E-state index in [1.165, 1.54) is 20.0 Å². The van der Waals surface area contributed by atoms with Gasteiger partial charge in [-0.25, -0.2) is 0 Å². The fourth-order valence-electron chi connectivity index (χ4n) is 1.67. The lowest BCUT2D eigenvalue weighted by molar-refractivity contribution is 0.741. The zero-order chi connectivity index (χ0) is 10.1. The van der Waals surface area contributed by atoms with Crippen LogP contribution >= 0.6 is 22.6 Å². The van der Waals surface area contributed by atoms with Gasteiger partial charge in [0.1, 0.15) is 0 Å². The minimum Gasteiger partial charge on any atom is -0.361 e. The van der Waals surface area contributed by atoms with Crippen LogP contribution in [-0.4, -0.2) is 11.0 Å². The van der Waals surface area contributed by atoms with E-state index in [9.17, 15) is 0 Å². The van der Waals surface area contributed by atoms with Crippen LogP contribution in [0.4, 0.5) is 0 Å². The Morgan fingerprint density at radius 1 is 1.50 bits per heavy atom. The van der Waals surface area contributed by atoms with Crippen molar-refractivity contribution in [3.05, 3.63) is 33.5 Å². The molecule has 1 atom stereocenters. The van der Waals surface area contributed by atoms with Crippen LogP contribution < -0.4 is 5.73 Å². The van der Waals surface area contributed by atoms with E-state index in [0.717, 1.165) is 6.42 Å². The highest BCUT2D eigenvalue weighted by molar-refractivity contribution is 14.1. The predicted molar refractivity (Wildman–Crippen MR) is 68.4 cm³/mol. The van der Waals surface area contributed by atoms with Gasteiger partial charge in [-0.1, -0.05) is 6.07 Å². The van der Waals surface area contributed by atoms with Gasteiger partial charge in [0.05, 0.1) is 0 Å². The van der Waals surface area contributed by atoms with Crippen LogP contribution in [0.15, 0.2) is 24.4 Å². The number of benzene rings is 1. The van der Waals surface area contributed by atoms with E-state index in [4.69, 9.17) is 5.73 Å². The standard InChI is InChI=1S/C11H13IN2/c1-7(13)4-8-6-14-11-5-9(12)2-3-10(8)11/h2-3,5-7,14H,4,13H2,1H3/t7-/m1/s1. The average molecular weight is 300 g/mol. The molecule has 0 bridgehead atoms. The van der Waals surface area contributed by atoms with Gasteiger partial charge in [0.25, 0.3) is 0 Å². The summed E-state index contributed by atoms with van der Waals surface area (Å²) in [6.45, 7) is 2.03. The number of nitrogens with two attached hydrogens (primary N) is 1. The van der Waals surface area contributed by atoms with Crippen molar-refractivity contribution in [1.29, 1.82) is 0 Å². The van der Waals surface area contributed by atoms with E-state index in [0.29, 0.717) is 0 Å². The van der Waals surface area contributed by atoms with Crippen LogP contribution in [0.1, 0.15) is 12.5 Å². The van der Waals surface area contributed by atoms with E-state index in [1.807, 2.05) is 6.92 Å². The summed E-state index contributed by atoms with van der Waals surface area (Å²) in [5.41, 5.74) is 8.30. The van der Waals surface area contributed by atoms with E-state index >= 15 is 0 Å². The van der Waals surface area contributed by atoms with E-state index in [-0.39, 0.29) is 6.04 Å². The quantitative estimate of drug-likeness (QED) is 0.823. The largest absolute Gasteiger partial charge is 0.361 e. The zero-order valence-electron chi connectivity index (χ0n) is 8.05. The molecule has 14 heavy (non-hydrogen) atoms. The van der Waals surface area contributed by atoms with Gasteiger partial charge in [0.15, 0.2) is 0 Å². The zero-order valence-corrected chi connectivity index (χ0v) is 10.2. The third-order valence-electron chi connectivity index (χ3n) is 2.27. The number of hydrogen-bond donors (Lipinski definition) is 2. The molecule has 0 aliphatic heterocycles. The molecule has 1 aromatic heterocycles. The number of aromatic amines is 1. The third-order valence-corrected chi connectivity index (χ3v) is 2.94. The minimum atomic E-state index is 0.216. The van der Waals surface area contributed by atoms with E-state index in [1.54, 1.807) is 0 Å². The van der Waals surface area contributed by atoms with Crippen LogP contribution in [-0.2, 0) is 6.42 Å². The lowest BCUT2D eigenvalue weighted by Gasteiger charge is -2.02. The van der Waals surface area contributed by atoms with Gasteiger partial charge in [-0.2, -0.15) is 0 Å². The van der Waals surface area contributed by atoms with Crippen LogP contribution in [0.25, 0.3) is 10.9 Å². The van der Waals surface area contributed by atoms with Crippen LogP contribution in [0.3, 0.4) is 0 Å². The lowest BCUT2D eigenvalue weighted by atomic mass is 10.1.